The molecule has 2 saturated heterocycles. The maximum Gasteiger partial charge on any atom is 0.223 e. The Morgan fingerprint density at radius 3 is 2.72 bits per heavy atom. The molecule has 32 heavy (non-hydrogen) atoms. The highest BCUT2D eigenvalue weighted by molar-refractivity contribution is 7.18. The van der Waals surface area contributed by atoms with Gasteiger partial charge in [-0.05, 0) is 70.3 Å². The van der Waals surface area contributed by atoms with E-state index in [0.717, 1.165) is 55.4 Å². The number of carbonyl (C=O) groups is 1. The molecular formula is C24H31N5O2S. The molecule has 0 saturated carbocycles. The van der Waals surface area contributed by atoms with Gasteiger partial charge in [-0.2, -0.15) is 0 Å². The molecular weight excluding hydrogens is 422 g/mol. The van der Waals surface area contributed by atoms with Crippen molar-refractivity contribution in [2.75, 3.05) is 37.6 Å². The van der Waals surface area contributed by atoms with E-state index >= 15 is 0 Å². The number of rotatable bonds is 6. The number of amides is 1. The van der Waals surface area contributed by atoms with Crippen molar-refractivity contribution < 1.29 is 9.21 Å². The van der Waals surface area contributed by atoms with Gasteiger partial charge in [0.1, 0.15) is 22.7 Å². The quantitative estimate of drug-likeness (QED) is 0.606. The molecule has 2 aliphatic rings. The first-order valence-electron chi connectivity index (χ1n) is 11.6. The Morgan fingerprint density at radius 2 is 2.00 bits per heavy atom. The van der Waals surface area contributed by atoms with E-state index in [2.05, 4.69) is 38.9 Å². The van der Waals surface area contributed by atoms with Crippen LogP contribution in [0.25, 0.3) is 10.2 Å². The summed E-state index contributed by atoms with van der Waals surface area (Å²) >= 11 is 1.73. The smallest absolute Gasteiger partial charge is 0.223 e. The van der Waals surface area contributed by atoms with Gasteiger partial charge in [0.15, 0.2) is 0 Å². The number of hydrogen-bond donors (Lipinski definition) is 1. The maximum atomic E-state index is 13.0. The number of aryl methyl sites for hydroxylation is 2. The summed E-state index contributed by atoms with van der Waals surface area (Å²) in [5.74, 6) is 2.17. The highest BCUT2D eigenvalue weighted by Gasteiger charge is 2.30. The average Bonchev–Trinajstić information content (AvgIpc) is 3.58. The number of likely N-dealkylation sites (tertiary alicyclic amines) is 1. The van der Waals surface area contributed by atoms with E-state index < -0.39 is 0 Å². The molecule has 3 aromatic heterocycles. The van der Waals surface area contributed by atoms with Gasteiger partial charge in [-0.3, -0.25) is 9.69 Å². The molecule has 7 nitrogen and oxygen atoms in total. The monoisotopic (exact) mass is 453 g/mol. The van der Waals surface area contributed by atoms with E-state index in [1.54, 1.807) is 23.9 Å². The Morgan fingerprint density at radius 1 is 1.22 bits per heavy atom. The van der Waals surface area contributed by atoms with Crippen LogP contribution in [-0.4, -0.2) is 53.5 Å². The van der Waals surface area contributed by atoms with Crippen molar-refractivity contribution in [3.63, 3.8) is 0 Å². The van der Waals surface area contributed by atoms with Crippen molar-refractivity contribution in [3.05, 3.63) is 40.9 Å². The van der Waals surface area contributed by atoms with E-state index in [0.29, 0.717) is 6.54 Å². The Bertz CT molecular complexity index is 1070. The standard InChI is InChI=1S/C24H31N5O2S/c1-16-17(2)32-24-21(16)22(26-15-27-24)29-11-7-18(8-12-29)23(30)25-14-19(20-6-5-13-31-20)28-9-3-4-10-28/h5-6,13,15,18-19H,3-4,7-12,14H2,1-2H3,(H,25,30)/t19-/m0/s1. The summed E-state index contributed by atoms with van der Waals surface area (Å²) in [6, 6.07) is 4.07. The zero-order valence-electron chi connectivity index (χ0n) is 18.8. The Hall–Kier alpha value is -2.45. The number of anilines is 1. The van der Waals surface area contributed by atoms with E-state index in [1.807, 2.05) is 12.1 Å². The lowest BCUT2D eigenvalue weighted by molar-refractivity contribution is -0.125. The van der Waals surface area contributed by atoms with Crippen LogP contribution in [0.1, 0.15) is 47.9 Å². The second-order valence-electron chi connectivity index (χ2n) is 8.94. The third-order valence-corrected chi connectivity index (χ3v) is 8.15. The van der Waals surface area contributed by atoms with E-state index in [1.165, 1.54) is 28.7 Å². The average molecular weight is 454 g/mol. The van der Waals surface area contributed by atoms with Crippen LogP contribution in [-0.2, 0) is 4.79 Å². The summed E-state index contributed by atoms with van der Waals surface area (Å²) in [7, 11) is 0. The molecule has 8 heteroatoms. The summed E-state index contributed by atoms with van der Waals surface area (Å²) in [6.45, 7) is 8.70. The predicted octanol–water partition coefficient (Wildman–Crippen LogP) is 4.07. The van der Waals surface area contributed by atoms with E-state index in [-0.39, 0.29) is 17.9 Å². The third kappa shape index (κ3) is 4.13. The van der Waals surface area contributed by atoms with Gasteiger partial charge in [-0.1, -0.05) is 0 Å². The molecule has 170 valence electrons. The highest BCUT2D eigenvalue weighted by Crippen LogP contribution is 2.35. The fourth-order valence-electron chi connectivity index (χ4n) is 5.04. The number of furan rings is 1. The normalized spacial score (nSPS) is 19.0. The number of fused-ring (bicyclic) bond motifs is 1. The molecule has 2 fully saturated rings. The largest absolute Gasteiger partial charge is 0.468 e. The fraction of sp³-hybridized carbons (Fsp3) is 0.542. The lowest BCUT2D eigenvalue weighted by Gasteiger charge is -2.33. The zero-order valence-corrected chi connectivity index (χ0v) is 19.7. The van der Waals surface area contributed by atoms with Gasteiger partial charge in [0.2, 0.25) is 5.91 Å². The van der Waals surface area contributed by atoms with Crippen LogP contribution in [0.15, 0.2) is 29.1 Å². The molecule has 5 rings (SSSR count). The second-order valence-corrected chi connectivity index (χ2v) is 10.1. The van der Waals surface area contributed by atoms with Crippen molar-refractivity contribution in [2.24, 2.45) is 5.92 Å². The Labute approximate surface area is 192 Å². The third-order valence-electron chi connectivity index (χ3n) is 7.03. The first-order chi connectivity index (χ1) is 15.6. The van der Waals surface area contributed by atoms with Crippen molar-refractivity contribution in [1.29, 1.82) is 0 Å². The number of thiophene rings is 1. The first kappa shape index (κ1) is 21.4. The van der Waals surface area contributed by atoms with Gasteiger partial charge in [0.05, 0.1) is 17.7 Å². The molecule has 0 spiro atoms. The summed E-state index contributed by atoms with van der Waals surface area (Å²) in [5.41, 5.74) is 1.27. The summed E-state index contributed by atoms with van der Waals surface area (Å²) in [5, 5.41) is 4.40. The van der Waals surface area contributed by atoms with E-state index in [4.69, 9.17) is 4.42 Å². The second kappa shape index (κ2) is 9.19. The molecule has 1 atom stereocenters. The van der Waals surface area contributed by atoms with Gasteiger partial charge >= 0.3 is 0 Å². The number of carbonyl (C=O) groups excluding carboxylic acids is 1. The van der Waals surface area contributed by atoms with Gasteiger partial charge in [-0.25, -0.2) is 9.97 Å². The van der Waals surface area contributed by atoms with Crippen LogP contribution in [0.5, 0.6) is 0 Å². The van der Waals surface area contributed by atoms with Crippen molar-refractivity contribution in [2.45, 2.75) is 45.6 Å². The molecule has 0 bridgehead atoms. The highest BCUT2D eigenvalue weighted by atomic mass is 32.1. The van der Waals surface area contributed by atoms with Gasteiger partial charge in [-0.15, -0.1) is 11.3 Å². The van der Waals surface area contributed by atoms with Crippen LogP contribution >= 0.6 is 11.3 Å². The minimum atomic E-state index is 0.0460. The molecule has 0 aromatic carbocycles. The minimum absolute atomic E-state index is 0.0460. The molecule has 2 aliphatic heterocycles. The van der Waals surface area contributed by atoms with Gasteiger partial charge in [0, 0.05) is 30.4 Å². The molecule has 1 amide bonds. The summed E-state index contributed by atoms with van der Waals surface area (Å²) in [6.07, 6.45) is 7.49. The summed E-state index contributed by atoms with van der Waals surface area (Å²) in [4.78, 5) is 29.2. The van der Waals surface area contributed by atoms with Crippen molar-refractivity contribution >= 4 is 33.3 Å². The SMILES string of the molecule is Cc1sc2ncnc(N3CCC(C(=O)NC[C@@H](c4ccco4)N4CCCC4)CC3)c2c1C. The molecule has 0 aliphatic carbocycles. The predicted molar refractivity (Wildman–Crippen MR) is 127 cm³/mol. The molecule has 1 N–H and O–H groups in total. The Kier molecular flexibility index (Phi) is 6.15. The number of nitrogens with zero attached hydrogens (tertiary/aromatic N) is 4. The van der Waals surface area contributed by atoms with Crippen LogP contribution in [0.2, 0.25) is 0 Å². The number of hydrogen-bond acceptors (Lipinski definition) is 7. The van der Waals surface area contributed by atoms with Crippen LogP contribution < -0.4 is 10.2 Å². The number of piperidine rings is 1. The van der Waals surface area contributed by atoms with Gasteiger partial charge in [0.25, 0.3) is 0 Å². The summed E-state index contributed by atoms with van der Waals surface area (Å²) < 4.78 is 5.68. The Balaban J connectivity index is 1.21. The number of nitrogens with one attached hydrogen (secondary N) is 1. The van der Waals surface area contributed by atoms with E-state index in [9.17, 15) is 4.79 Å². The molecule has 5 heterocycles. The lowest BCUT2D eigenvalue weighted by atomic mass is 9.95. The van der Waals surface area contributed by atoms with Crippen LogP contribution in [0.3, 0.4) is 0 Å². The lowest BCUT2D eigenvalue weighted by Crippen LogP contribution is -2.43. The van der Waals surface area contributed by atoms with Crippen LogP contribution in [0, 0.1) is 19.8 Å². The molecule has 3 aromatic rings. The fourth-order valence-corrected chi connectivity index (χ4v) is 6.03. The molecule has 0 unspecified atom stereocenters. The molecule has 0 radical (unpaired) electrons. The topological polar surface area (TPSA) is 74.5 Å². The maximum absolute atomic E-state index is 13.0. The van der Waals surface area contributed by atoms with Crippen LogP contribution in [0.4, 0.5) is 5.82 Å². The minimum Gasteiger partial charge on any atom is -0.468 e. The van der Waals surface area contributed by atoms with Gasteiger partial charge < -0.3 is 14.6 Å². The zero-order chi connectivity index (χ0) is 22.1. The van der Waals surface area contributed by atoms with Crippen molar-refractivity contribution in [1.82, 2.24) is 20.2 Å². The first-order valence-corrected chi connectivity index (χ1v) is 12.4. The number of aromatic nitrogens is 2. The van der Waals surface area contributed by atoms with Crippen molar-refractivity contribution in [3.8, 4) is 0 Å².